The van der Waals surface area contributed by atoms with Crippen LogP contribution >= 0.6 is 27.3 Å². The van der Waals surface area contributed by atoms with Crippen LogP contribution in [0.25, 0.3) is 0 Å². The van der Waals surface area contributed by atoms with Crippen molar-refractivity contribution in [1.29, 1.82) is 0 Å². The van der Waals surface area contributed by atoms with Crippen molar-refractivity contribution in [3.8, 4) is 0 Å². The number of halogens is 1. The molecule has 0 saturated carbocycles. The van der Waals surface area contributed by atoms with Gasteiger partial charge in [0.15, 0.2) is 0 Å². The Labute approximate surface area is 108 Å². The molecule has 0 saturated heterocycles. The van der Waals surface area contributed by atoms with Crippen molar-refractivity contribution in [1.82, 2.24) is 4.90 Å². The molecule has 16 heavy (non-hydrogen) atoms. The van der Waals surface area contributed by atoms with Crippen molar-refractivity contribution < 1.29 is 4.79 Å². The summed E-state index contributed by atoms with van der Waals surface area (Å²) in [5.41, 5.74) is 0. The molecule has 0 aromatic carbocycles. The molecule has 4 heteroatoms. The summed E-state index contributed by atoms with van der Waals surface area (Å²) in [6.45, 7) is 8.74. The summed E-state index contributed by atoms with van der Waals surface area (Å²) in [4.78, 5) is 14.2. The van der Waals surface area contributed by atoms with E-state index in [-0.39, 0.29) is 6.04 Å². The smallest absolute Gasteiger partial charge is 0.142 e. The Morgan fingerprint density at radius 3 is 2.44 bits per heavy atom. The molecule has 1 heterocycles. The summed E-state index contributed by atoms with van der Waals surface area (Å²) >= 11 is 4.97. The average Bonchev–Trinajstić information content (AvgIpc) is 2.67. The van der Waals surface area contributed by atoms with E-state index in [9.17, 15) is 4.79 Å². The monoisotopic (exact) mass is 299 g/mol. The molecule has 86 valence electrons. The van der Waals surface area contributed by atoms with Crippen molar-refractivity contribution in [3.05, 3.63) is 46.1 Å². The van der Waals surface area contributed by atoms with Crippen LogP contribution < -0.4 is 0 Å². The van der Waals surface area contributed by atoms with Crippen LogP contribution in [-0.4, -0.2) is 24.3 Å². The Kier molecular flexibility index (Phi) is 5.66. The minimum Gasteiger partial charge on any atom is -0.301 e. The maximum atomic E-state index is 11.2. The second-order valence-corrected chi connectivity index (χ2v) is 5.14. The number of thiophene rings is 1. The minimum absolute atomic E-state index is 0.215. The van der Waals surface area contributed by atoms with E-state index in [1.54, 1.807) is 23.5 Å². The second kappa shape index (κ2) is 6.78. The Balaban J connectivity index is 2.88. The predicted molar refractivity (Wildman–Crippen MR) is 72.8 cm³/mol. The van der Waals surface area contributed by atoms with Crippen LogP contribution in [0.2, 0.25) is 0 Å². The van der Waals surface area contributed by atoms with E-state index in [4.69, 9.17) is 0 Å². The number of aldehydes is 1. The lowest BCUT2D eigenvalue weighted by atomic mass is 10.2. The predicted octanol–water partition coefficient (Wildman–Crippen LogP) is 3.42. The SMILES string of the molecule is C=CCN(CC=C)C(C=O)c1cc(Br)cs1. The molecule has 0 bridgehead atoms. The van der Waals surface area contributed by atoms with Crippen molar-refractivity contribution in [2.75, 3.05) is 13.1 Å². The summed E-state index contributed by atoms with van der Waals surface area (Å²) < 4.78 is 1.01. The number of rotatable bonds is 7. The standard InChI is InChI=1S/C12H14BrNOS/c1-3-5-14(6-4-2)11(8-15)12-7-10(13)9-16-12/h3-4,7-9,11H,1-2,5-6H2. The zero-order valence-corrected chi connectivity index (χ0v) is 11.3. The van der Waals surface area contributed by atoms with Crippen LogP contribution in [0.3, 0.4) is 0 Å². The Morgan fingerprint density at radius 1 is 1.44 bits per heavy atom. The molecule has 1 rings (SSSR count). The molecule has 1 atom stereocenters. The van der Waals surface area contributed by atoms with Gasteiger partial charge in [-0.05, 0) is 22.0 Å². The van der Waals surface area contributed by atoms with Gasteiger partial charge in [0.25, 0.3) is 0 Å². The first kappa shape index (κ1) is 13.4. The van der Waals surface area contributed by atoms with Crippen LogP contribution in [0.15, 0.2) is 41.2 Å². The molecule has 0 aliphatic rings. The first-order chi connectivity index (χ1) is 7.72. The van der Waals surface area contributed by atoms with E-state index >= 15 is 0 Å². The topological polar surface area (TPSA) is 20.3 Å². The molecule has 0 radical (unpaired) electrons. The maximum absolute atomic E-state index is 11.2. The van der Waals surface area contributed by atoms with Gasteiger partial charge in [-0.15, -0.1) is 24.5 Å². The van der Waals surface area contributed by atoms with Crippen molar-refractivity contribution >= 4 is 33.6 Å². The van der Waals surface area contributed by atoms with E-state index in [0.29, 0.717) is 13.1 Å². The number of hydrogen-bond acceptors (Lipinski definition) is 3. The van der Waals surface area contributed by atoms with Gasteiger partial charge < -0.3 is 4.79 Å². The lowest BCUT2D eigenvalue weighted by Crippen LogP contribution is -2.29. The highest BCUT2D eigenvalue weighted by molar-refractivity contribution is 9.10. The third-order valence-electron chi connectivity index (χ3n) is 2.13. The Morgan fingerprint density at radius 2 is 2.06 bits per heavy atom. The molecule has 0 fully saturated rings. The van der Waals surface area contributed by atoms with Crippen LogP contribution in [0, 0.1) is 0 Å². The Hall–Kier alpha value is -0.710. The molecule has 1 aromatic rings. The van der Waals surface area contributed by atoms with Gasteiger partial charge in [-0.3, -0.25) is 4.90 Å². The number of hydrogen-bond donors (Lipinski definition) is 0. The van der Waals surface area contributed by atoms with Crippen LogP contribution in [0.1, 0.15) is 10.9 Å². The highest BCUT2D eigenvalue weighted by Gasteiger charge is 2.19. The van der Waals surface area contributed by atoms with Crippen molar-refractivity contribution in [2.24, 2.45) is 0 Å². The zero-order chi connectivity index (χ0) is 12.0. The van der Waals surface area contributed by atoms with Gasteiger partial charge in [-0.2, -0.15) is 0 Å². The van der Waals surface area contributed by atoms with Crippen molar-refractivity contribution in [2.45, 2.75) is 6.04 Å². The highest BCUT2D eigenvalue weighted by atomic mass is 79.9. The van der Waals surface area contributed by atoms with E-state index in [1.165, 1.54) is 0 Å². The van der Waals surface area contributed by atoms with Crippen LogP contribution in [0.5, 0.6) is 0 Å². The third-order valence-corrected chi connectivity index (χ3v) is 3.89. The summed E-state index contributed by atoms with van der Waals surface area (Å²) in [6.07, 6.45) is 4.55. The number of carbonyl (C=O) groups excluding carboxylic acids is 1. The molecule has 0 spiro atoms. The lowest BCUT2D eigenvalue weighted by molar-refractivity contribution is -0.112. The molecule has 0 N–H and O–H groups in total. The van der Waals surface area contributed by atoms with Gasteiger partial charge in [0.05, 0.1) is 0 Å². The normalized spacial score (nSPS) is 12.4. The first-order valence-electron chi connectivity index (χ1n) is 4.88. The highest BCUT2D eigenvalue weighted by Crippen LogP contribution is 2.28. The Bertz CT molecular complexity index is 365. The lowest BCUT2D eigenvalue weighted by Gasteiger charge is -2.24. The fourth-order valence-corrected chi connectivity index (χ4v) is 2.98. The fourth-order valence-electron chi connectivity index (χ4n) is 1.45. The summed E-state index contributed by atoms with van der Waals surface area (Å²) in [7, 11) is 0. The quantitative estimate of drug-likeness (QED) is 0.568. The summed E-state index contributed by atoms with van der Waals surface area (Å²) in [6, 6.07) is 1.76. The van der Waals surface area contributed by atoms with Gasteiger partial charge >= 0.3 is 0 Å². The average molecular weight is 300 g/mol. The van der Waals surface area contributed by atoms with E-state index in [2.05, 4.69) is 29.1 Å². The van der Waals surface area contributed by atoms with Gasteiger partial charge in [0, 0.05) is 27.8 Å². The molecular weight excluding hydrogens is 286 g/mol. The molecule has 0 aliphatic carbocycles. The van der Waals surface area contributed by atoms with Gasteiger partial charge in [0.1, 0.15) is 12.3 Å². The van der Waals surface area contributed by atoms with Crippen LogP contribution in [-0.2, 0) is 4.79 Å². The molecule has 2 nitrogen and oxygen atoms in total. The van der Waals surface area contributed by atoms with Gasteiger partial charge in [-0.25, -0.2) is 0 Å². The minimum atomic E-state index is -0.215. The molecule has 1 aromatic heterocycles. The summed E-state index contributed by atoms with van der Waals surface area (Å²) in [5, 5.41) is 1.98. The van der Waals surface area contributed by atoms with E-state index in [0.717, 1.165) is 15.6 Å². The number of carbonyl (C=O) groups is 1. The molecule has 0 amide bonds. The molecular formula is C12H14BrNOS. The van der Waals surface area contributed by atoms with Crippen molar-refractivity contribution in [3.63, 3.8) is 0 Å². The number of nitrogens with zero attached hydrogens (tertiary/aromatic N) is 1. The van der Waals surface area contributed by atoms with Gasteiger partial charge in [-0.1, -0.05) is 12.2 Å². The first-order valence-corrected chi connectivity index (χ1v) is 6.55. The molecule has 1 unspecified atom stereocenters. The fraction of sp³-hybridized carbons (Fsp3) is 0.250. The van der Waals surface area contributed by atoms with Crippen LogP contribution in [0.4, 0.5) is 0 Å². The largest absolute Gasteiger partial charge is 0.301 e. The molecule has 0 aliphatic heterocycles. The maximum Gasteiger partial charge on any atom is 0.142 e. The van der Waals surface area contributed by atoms with E-state index < -0.39 is 0 Å². The van der Waals surface area contributed by atoms with E-state index in [1.807, 2.05) is 16.3 Å². The van der Waals surface area contributed by atoms with Gasteiger partial charge in [0.2, 0.25) is 0 Å². The zero-order valence-electron chi connectivity index (χ0n) is 8.93. The second-order valence-electron chi connectivity index (χ2n) is 3.28. The third kappa shape index (κ3) is 3.40. The summed E-state index contributed by atoms with van der Waals surface area (Å²) in [5.74, 6) is 0.